The van der Waals surface area contributed by atoms with Crippen molar-refractivity contribution in [2.45, 2.75) is 6.92 Å². The predicted octanol–water partition coefficient (Wildman–Crippen LogP) is 5.27. The average Bonchev–Trinajstić information content (AvgIpc) is 2.77. The predicted molar refractivity (Wildman–Crippen MR) is 117 cm³/mol. The van der Waals surface area contributed by atoms with Gasteiger partial charge in [-0.3, -0.25) is 0 Å². The van der Waals surface area contributed by atoms with Gasteiger partial charge in [0.2, 0.25) is 0 Å². The third kappa shape index (κ3) is 6.49. The van der Waals surface area contributed by atoms with Crippen LogP contribution in [-0.2, 0) is 4.74 Å². The van der Waals surface area contributed by atoms with E-state index in [1.807, 2.05) is 55.5 Å². The van der Waals surface area contributed by atoms with Gasteiger partial charge in [-0.2, -0.15) is 0 Å². The Bertz CT molecular complexity index is 882. The quantitative estimate of drug-likeness (QED) is 0.291. The van der Waals surface area contributed by atoms with Gasteiger partial charge in [0, 0.05) is 6.61 Å². The van der Waals surface area contributed by atoms with Gasteiger partial charge in [0.25, 0.3) is 0 Å². The van der Waals surface area contributed by atoms with Crippen molar-refractivity contribution in [3.8, 4) is 22.6 Å². The van der Waals surface area contributed by atoms with E-state index in [9.17, 15) is 0 Å². The fraction of sp³-hybridized carbons (Fsp3) is 0.200. The number of hydrogen-bond donors (Lipinski definition) is 1. The van der Waals surface area contributed by atoms with Crippen molar-refractivity contribution >= 4 is 12.2 Å². The number of ether oxygens (including phenoxy) is 3. The van der Waals surface area contributed by atoms with Crippen LogP contribution in [-0.4, -0.2) is 31.7 Å². The molecule has 29 heavy (non-hydrogen) atoms. The van der Waals surface area contributed by atoms with Gasteiger partial charge in [0.05, 0.1) is 6.61 Å². The van der Waals surface area contributed by atoms with Crippen LogP contribution in [0.3, 0.4) is 0 Å². The Hall–Kier alpha value is -3.08. The summed E-state index contributed by atoms with van der Waals surface area (Å²) in [4.78, 5) is 0. The maximum atomic E-state index is 8.80. The highest BCUT2D eigenvalue weighted by Crippen LogP contribution is 2.23. The fourth-order valence-corrected chi connectivity index (χ4v) is 2.84. The highest BCUT2D eigenvalue weighted by molar-refractivity contribution is 5.72. The van der Waals surface area contributed by atoms with Crippen LogP contribution >= 0.6 is 0 Å². The Morgan fingerprint density at radius 1 is 0.655 bits per heavy atom. The molecule has 3 aromatic rings. The third-order valence-corrected chi connectivity index (χ3v) is 4.38. The summed E-state index contributed by atoms with van der Waals surface area (Å²) in [6.45, 7) is 3.53. The Balaban J connectivity index is 1.57. The minimum atomic E-state index is -0.315. The minimum absolute atomic E-state index is 0.315. The van der Waals surface area contributed by atoms with Crippen molar-refractivity contribution < 1.29 is 19.3 Å². The monoisotopic (exact) mass is 390 g/mol. The molecule has 0 heterocycles. The normalized spacial score (nSPS) is 11.0. The molecule has 150 valence electrons. The maximum absolute atomic E-state index is 8.80. The lowest BCUT2D eigenvalue weighted by atomic mass is 10.0. The molecule has 0 aliphatic heterocycles. The van der Waals surface area contributed by atoms with Crippen molar-refractivity contribution in [3.63, 3.8) is 0 Å². The van der Waals surface area contributed by atoms with Gasteiger partial charge in [-0.15, -0.1) is 0 Å². The summed E-state index contributed by atoms with van der Waals surface area (Å²) in [5.74, 6) is 1.50. The standard InChI is InChI=1S/C25H26O4/c1-2-27-17-18-28-24-13-7-21(8-14-24)4-3-20-5-9-22(10-6-20)23-11-15-25(16-12-23)29-19-26/h3-16,26H,2,17-19H2,1H3. The van der Waals surface area contributed by atoms with Gasteiger partial charge in [0.1, 0.15) is 18.1 Å². The minimum Gasteiger partial charge on any atom is -0.491 e. The molecule has 0 radical (unpaired) electrons. The molecule has 0 fully saturated rings. The van der Waals surface area contributed by atoms with E-state index in [1.54, 1.807) is 0 Å². The van der Waals surface area contributed by atoms with Gasteiger partial charge in [0.15, 0.2) is 6.79 Å². The Morgan fingerprint density at radius 3 is 1.69 bits per heavy atom. The molecular weight excluding hydrogens is 364 g/mol. The van der Waals surface area contributed by atoms with Gasteiger partial charge in [-0.1, -0.05) is 60.7 Å². The van der Waals surface area contributed by atoms with E-state index >= 15 is 0 Å². The van der Waals surface area contributed by atoms with Crippen molar-refractivity contribution in [1.29, 1.82) is 0 Å². The lowest BCUT2D eigenvalue weighted by Gasteiger charge is -2.06. The van der Waals surface area contributed by atoms with Gasteiger partial charge in [-0.25, -0.2) is 0 Å². The SMILES string of the molecule is CCOCCOc1ccc(C=Cc2ccc(-c3ccc(OCO)cc3)cc2)cc1. The Kier molecular flexibility index (Phi) is 7.87. The molecule has 0 aliphatic carbocycles. The van der Waals surface area contributed by atoms with Crippen LogP contribution in [0.5, 0.6) is 11.5 Å². The van der Waals surface area contributed by atoms with Crippen molar-refractivity contribution in [2.75, 3.05) is 26.6 Å². The largest absolute Gasteiger partial charge is 0.491 e. The second kappa shape index (κ2) is 11.1. The Morgan fingerprint density at radius 2 is 1.14 bits per heavy atom. The van der Waals surface area contributed by atoms with Gasteiger partial charge >= 0.3 is 0 Å². The van der Waals surface area contributed by atoms with Crippen LogP contribution in [0.25, 0.3) is 23.3 Å². The van der Waals surface area contributed by atoms with Crippen molar-refractivity contribution in [1.82, 2.24) is 0 Å². The number of aliphatic hydroxyl groups excluding tert-OH is 1. The van der Waals surface area contributed by atoms with Crippen LogP contribution in [0, 0.1) is 0 Å². The number of aliphatic hydroxyl groups is 1. The summed E-state index contributed by atoms with van der Waals surface area (Å²) in [6, 6.07) is 24.1. The van der Waals surface area contributed by atoms with E-state index in [0.717, 1.165) is 28.0 Å². The number of benzene rings is 3. The molecule has 4 heteroatoms. The molecule has 0 spiro atoms. The van der Waals surface area contributed by atoms with E-state index in [2.05, 4.69) is 36.4 Å². The second-order valence-corrected chi connectivity index (χ2v) is 6.37. The van der Waals surface area contributed by atoms with Crippen LogP contribution in [0.15, 0.2) is 72.8 Å². The first-order valence-corrected chi connectivity index (χ1v) is 9.71. The Labute approximate surface area is 172 Å². The van der Waals surface area contributed by atoms with Crippen LogP contribution < -0.4 is 9.47 Å². The highest BCUT2D eigenvalue weighted by Gasteiger charge is 1.99. The first-order valence-electron chi connectivity index (χ1n) is 9.71. The molecule has 3 rings (SSSR count). The van der Waals surface area contributed by atoms with E-state index in [1.165, 1.54) is 0 Å². The lowest BCUT2D eigenvalue weighted by molar-refractivity contribution is 0.0985. The zero-order valence-corrected chi connectivity index (χ0v) is 16.6. The molecule has 0 aliphatic rings. The van der Waals surface area contributed by atoms with Crippen LogP contribution in [0.2, 0.25) is 0 Å². The van der Waals surface area contributed by atoms with Crippen LogP contribution in [0.4, 0.5) is 0 Å². The highest BCUT2D eigenvalue weighted by atomic mass is 16.6. The summed E-state index contributed by atoms with van der Waals surface area (Å²) in [6.07, 6.45) is 4.17. The molecule has 0 atom stereocenters. The van der Waals surface area contributed by atoms with E-state index in [0.29, 0.717) is 25.6 Å². The van der Waals surface area contributed by atoms with Crippen molar-refractivity contribution in [2.24, 2.45) is 0 Å². The molecule has 0 saturated carbocycles. The molecule has 0 saturated heterocycles. The topological polar surface area (TPSA) is 47.9 Å². The average molecular weight is 390 g/mol. The molecule has 4 nitrogen and oxygen atoms in total. The molecule has 0 unspecified atom stereocenters. The van der Waals surface area contributed by atoms with Gasteiger partial charge in [-0.05, 0) is 53.4 Å². The van der Waals surface area contributed by atoms with Crippen molar-refractivity contribution in [3.05, 3.63) is 83.9 Å². The fourth-order valence-electron chi connectivity index (χ4n) is 2.84. The first kappa shape index (κ1) is 20.6. The lowest BCUT2D eigenvalue weighted by Crippen LogP contribution is -2.06. The smallest absolute Gasteiger partial charge is 0.186 e. The van der Waals surface area contributed by atoms with E-state index in [4.69, 9.17) is 19.3 Å². The second-order valence-electron chi connectivity index (χ2n) is 6.37. The van der Waals surface area contributed by atoms with Crippen LogP contribution in [0.1, 0.15) is 18.1 Å². The number of hydrogen-bond acceptors (Lipinski definition) is 4. The van der Waals surface area contributed by atoms with E-state index < -0.39 is 0 Å². The zero-order chi connectivity index (χ0) is 20.3. The molecule has 3 aromatic carbocycles. The maximum Gasteiger partial charge on any atom is 0.186 e. The van der Waals surface area contributed by atoms with E-state index in [-0.39, 0.29) is 6.79 Å². The molecule has 1 N–H and O–H groups in total. The molecule has 0 amide bonds. The summed E-state index contributed by atoms with van der Waals surface area (Å²) in [7, 11) is 0. The third-order valence-electron chi connectivity index (χ3n) is 4.38. The molecule has 0 bridgehead atoms. The zero-order valence-electron chi connectivity index (χ0n) is 16.6. The first-order chi connectivity index (χ1) is 14.3. The summed E-state index contributed by atoms with van der Waals surface area (Å²) in [5, 5.41) is 8.80. The summed E-state index contributed by atoms with van der Waals surface area (Å²) in [5.41, 5.74) is 4.48. The summed E-state index contributed by atoms with van der Waals surface area (Å²) >= 11 is 0. The number of rotatable bonds is 10. The summed E-state index contributed by atoms with van der Waals surface area (Å²) < 4.78 is 16.0. The van der Waals surface area contributed by atoms with Gasteiger partial charge < -0.3 is 19.3 Å². The molecular formula is C25H26O4. The molecule has 0 aromatic heterocycles.